The third-order valence-corrected chi connectivity index (χ3v) is 2.93. The van der Waals surface area contributed by atoms with Crippen molar-refractivity contribution < 1.29 is 4.39 Å². The Kier molecular flexibility index (Phi) is 4.74. The maximum atomic E-state index is 13.7. The molecule has 1 heterocycles. The average Bonchev–Trinajstić information content (AvgIpc) is 2.43. The molecule has 0 unspecified atom stereocenters. The number of aromatic nitrogens is 2. The van der Waals surface area contributed by atoms with Crippen LogP contribution in [-0.4, -0.2) is 16.5 Å². The predicted octanol–water partition coefficient (Wildman–Crippen LogP) is 4.14. The lowest BCUT2D eigenvalue weighted by Crippen LogP contribution is -2.06. The normalized spacial score (nSPS) is 10.4. The second-order valence-corrected chi connectivity index (χ2v) is 4.83. The number of hydrogen-bond acceptors (Lipinski definition) is 4. The lowest BCUT2D eigenvalue weighted by molar-refractivity contribution is 0.631. The molecule has 0 radical (unpaired) electrons. The summed E-state index contributed by atoms with van der Waals surface area (Å²) in [7, 11) is 0. The van der Waals surface area contributed by atoms with Crippen LogP contribution in [0.25, 0.3) is 0 Å². The van der Waals surface area contributed by atoms with Gasteiger partial charge in [-0.05, 0) is 31.0 Å². The molecule has 0 aliphatic rings. The van der Waals surface area contributed by atoms with Gasteiger partial charge in [-0.25, -0.2) is 9.37 Å². The van der Waals surface area contributed by atoms with Gasteiger partial charge in [-0.1, -0.05) is 24.6 Å². The van der Waals surface area contributed by atoms with Crippen molar-refractivity contribution >= 4 is 29.1 Å². The standard InChI is InChI=1S/C14H16ClFN4/c1-3-6-17-14-18-8-10(15)13(20-14)19-12-7-9(2)4-5-11(12)16/h4-5,7-8H,3,6H2,1-2H3,(H2,17,18,19,20). The van der Waals surface area contributed by atoms with Gasteiger partial charge in [-0.2, -0.15) is 4.98 Å². The highest BCUT2D eigenvalue weighted by molar-refractivity contribution is 6.32. The largest absolute Gasteiger partial charge is 0.354 e. The zero-order valence-corrected chi connectivity index (χ0v) is 12.1. The first-order valence-corrected chi connectivity index (χ1v) is 6.77. The third kappa shape index (κ3) is 3.57. The summed E-state index contributed by atoms with van der Waals surface area (Å²) in [6, 6.07) is 4.81. The van der Waals surface area contributed by atoms with Crippen LogP contribution in [0.2, 0.25) is 5.02 Å². The molecule has 6 heteroatoms. The van der Waals surface area contributed by atoms with Crippen molar-refractivity contribution in [2.24, 2.45) is 0 Å². The Morgan fingerprint density at radius 1 is 1.35 bits per heavy atom. The highest BCUT2D eigenvalue weighted by atomic mass is 35.5. The summed E-state index contributed by atoms with van der Waals surface area (Å²) < 4.78 is 13.7. The fraction of sp³-hybridized carbons (Fsp3) is 0.286. The van der Waals surface area contributed by atoms with E-state index in [0.717, 1.165) is 18.5 Å². The van der Waals surface area contributed by atoms with E-state index in [4.69, 9.17) is 11.6 Å². The van der Waals surface area contributed by atoms with Crippen molar-refractivity contribution in [3.63, 3.8) is 0 Å². The summed E-state index contributed by atoms with van der Waals surface area (Å²) in [5, 5.41) is 6.30. The summed E-state index contributed by atoms with van der Waals surface area (Å²) in [4.78, 5) is 8.31. The SMILES string of the molecule is CCCNc1ncc(Cl)c(Nc2cc(C)ccc2F)n1. The number of hydrogen-bond donors (Lipinski definition) is 2. The molecule has 0 bridgehead atoms. The Hall–Kier alpha value is -1.88. The molecular weight excluding hydrogens is 279 g/mol. The van der Waals surface area contributed by atoms with Crippen LogP contribution < -0.4 is 10.6 Å². The van der Waals surface area contributed by atoms with Crippen LogP contribution in [0.3, 0.4) is 0 Å². The monoisotopic (exact) mass is 294 g/mol. The van der Waals surface area contributed by atoms with Gasteiger partial charge in [0.1, 0.15) is 10.8 Å². The van der Waals surface area contributed by atoms with Crippen LogP contribution in [0.4, 0.5) is 21.8 Å². The molecule has 0 saturated heterocycles. The number of aryl methyl sites for hydroxylation is 1. The fourth-order valence-electron chi connectivity index (χ4n) is 1.64. The van der Waals surface area contributed by atoms with Crippen molar-refractivity contribution in [3.8, 4) is 0 Å². The molecule has 20 heavy (non-hydrogen) atoms. The highest BCUT2D eigenvalue weighted by Crippen LogP contribution is 2.25. The molecule has 1 aromatic heterocycles. The van der Waals surface area contributed by atoms with Crippen LogP contribution in [0, 0.1) is 12.7 Å². The number of nitrogens with zero attached hydrogens (tertiary/aromatic N) is 2. The van der Waals surface area contributed by atoms with Crippen molar-refractivity contribution in [1.29, 1.82) is 0 Å². The minimum absolute atomic E-state index is 0.340. The first-order valence-electron chi connectivity index (χ1n) is 6.39. The van der Waals surface area contributed by atoms with Crippen LogP contribution in [0.1, 0.15) is 18.9 Å². The molecule has 4 nitrogen and oxygen atoms in total. The predicted molar refractivity (Wildman–Crippen MR) is 80.2 cm³/mol. The van der Waals surface area contributed by atoms with Gasteiger partial charge in [0.15, 0.2) is 5.82 Å². The van der Waals surface area contributed by atoms with E-state index in [2.05, 4.69) is 20.6 Å². The van der Waals surface area contributed by atoms with Gasteiger partial charge >= 0.3 is 0 Å². The third-order valence-electron chi connectivity index (χ3n) is 2.65. The molecule has 2 aromatic rings. The summed E-state index contributed by atoms with van der Waals surface area (Å²) >= 11 is 6.03. The van der Waals surface area contributed by atoms with E-state index in [-0.39, 0.29) is 5.82 Å². The lowest BCUT2D eigenvalue weighted by Gasteiger charge is -2.11. The van der Waals surface area contributed by atoms with Crippen molar-refractivity contribution in [2.75, 3.05) is 17.2 Å². The Labute approximate surface area is 122 Å². The topological polar surface area (TPSA) is 49.8 Å². The minimum atomic E-state index is -0.353. The number of anilines is 3. The van der Waals surface area contributed by atoms with E-state index < -0.39 is 0 Å². The summed E-state index contributed by atoms with van der Waals surface area (Å²) in [6.45, 7) is 4.70. The Morgan fingerprint density at radius 2 is 2.15 bits per heavy atom. The highest BCUT2D eigenvalue weighted by Gasteiger charge is 2.08. The molecule has 106 valence electrons. The van der Waals surface area contributed by atoms with Gasteiger partial charge in [-0.15, -0.1) is 0 Å². The van der Waals surface area contributed by atoms with Gasteiger partial charge in [-0.3, -0.25) is 0 Å². The van der Waals surface area contributed by atoms with Crippen molar-refractivity contribution in [2.45, 2.75) is 20.3 Å². The van der Waals surface area contributed by atoms with Gasteiger partial charge < -0.3 is 10.6 Å². The summed E-state index contributed by atoms with van der Waals surface area (Å²) in [5.74, 6) is 0.491. The van der Waals surface area contributed by atoms with Gasteiger partial charge in [0, 0.05) is 6.54 Å². The lowest BCUT2D eigenvalue weighted by atomic mass is 10.2. The molecule has 0 fully saturated rings. The van der Waals surface area contributed by atoms with Gasteiger partial charge in [0.2, 0.25) is 5.95 Å². The van der Waals surface area contributed by atoms with Crippen LogP contribution in [0.5, 0.6) is 0 Å². The molecule has 0 saturated carbocycles. The number of halogens is 2. The zero-order chi connectivity index (χ0) is 14.5. The van der Waals surface area contributed by atoms with Crippen LogP contribution >= 0.6 is 11.6 Å². The molecule has 0 atom stereocenters. The van der Waals surface area contributed by atoms with Gasteiger partial charge in [0.25, 0.3) is 0 Å². The Morgan fingerprint density at radius 3 is 2.90 bits per heavy atom. The number of rotatable bonds is 5. The summed E-state index contributed by atoms with van der Waals surface area (Å²) in [5.41, 5.74) is 1.29. The van der Waals surface area contributed by atoms with E-state index in [1.807, 2.05) is 13.8 Å². The van der Waals surface area contributed by atoms with E-state index in [1.165, 1.54) is 12.3 Å². The van der Waals surface area contributed by atoms with E-state index in [0.29, 0.717) is 22.5 Å². The first kappa shape index (κ1) is 14.5. The molecular formula is C14H16ClFN4. The second-order valence-electron chi connectivity index (χ2n) is 4.43. The molecule has 1 aromatic carbocycles. The van der Waals surface area contributed by atoms with Crippen LogP contribution in [-0.2, 0) is 0 Å². The average molecular weight is 295 g/mol. The molecule has 0 aliphatic heterocycles. The summed E-state index contributed by atoms with van der Waals surface area (Å²) in [6.07, 6.45) is 2.45. The first-order chi connectivity index (χ1) is 9.60. The number of nitrogens with one attached hydrogen (secondary N) is 2. The maximum Gasteiger partial charge on any atom is 0.224 e. The minimum Gasteiger partial charge on any atom is -0.354 e. The Bertz CT molecular complexity index is 604. The van der Waals surface area contributed by atoms with E-state index in [9.17, 15) is 4.39 Å². The van der Waals surface area contributed by atoms with Gasteiger partial charge in [0.05, 0.1) is 11.9 Å². The molecule has 0 spiro atoms. The van der Waals surface area contributed by atoms with E-state index >= 15 is 0 Å². The molecule has 0 amide bonds. The maximum absolute atomic E-state index is 13.7. The second kappa shape index (κ2) is 6.52. The van der Waals surface area contributed by atoms with Crippen LogP contribution in [0.15, 0.2) is 24.4 Å². The molecule has 2 N–H and O–H groups in total. The zero-order valence-electron chi connectivity index (χ0n) is 11.4. The number of benzene rings is 1. The van der Waals surface area contributed by atoms with E-state index in [1.54, 1.807) is 12.1 Å². The Balaban J connectivity index is 2.25. The smallest absolute Gasteiger partial charge is 0.224 e. The van der Waals surface area contributed by atoms with Crippen molar-refractivity contribution in [3.05, 3.63) is 40.8 Å². The molecule has 0 aliphatic carbocycles. The quantitative estimate of drug-likeness (QED) is 0.870. The fourth-order valence-corrected chi connectivity index (χ4v) is 1.78. The molecule has 2 rings (SSSR count). The van der Waals surface area contributed by atoms with Crippen molar-refractivity contribution in [1.82, 2.24) is 9.97 Å².